The Kier molecular flexibility index (Phi) is 5.56. The summed E-state index contributed by atoms with van der Waals surface area (Å²) in [5.74, 6) is 0.526. The van der Waals surface area contributed by atoms with Crippen molar-refractivity contribution in [1.82, 2.24) is 4.90 Å². The van der Waals surface area contributed by atoms with Crippen LogP contribution in [0.15, 0.2) is 6.07 Å². The molecule has 0 aromatic heterocycles. The van der Waals surface area contributed by atoms with Crippen LogP contribution in [0.5, 0.6) is 5.75 Å². The average Bonchev–Trinajstić information content (AvgIpc) is 2.79. The Morgan fingerprint density at radius 1 is 1.30 bits per heavy atom. The van der Waals surface area contributed by atoms with Crippen LogP contribution in [-0.4, -0.2) is 48.7 Å². The zero-order valence-corrected chi connectivity index (χ0v) is 17.2. The number of amides is 2. The van der Waals surface area contributed by atoms with Gasteiger partial charge in [-0.25, -0.2) is 4.79 Å². The molecule has 2 aliphatic heterocycles. The van der Waals surface area contributed by atoms with Gasteiger partial charge in [0.15, 0.2) is 12.4 Å². The van der Waals surface area contributed by atoms with Crippen LogP contribution in [0.4, 0.5) is 10.5 Å². The van der Waals surface area contributed by atoms with Gasteiger partial charge in [-0.15, -0.1) is 0 Å². The van der Waals surface area contributed by atoms with Gasteiger partial charge in [0.1, 0.15) is 5.60 Å². The molecule has 27 heavy (non-hydrogen) atoms. The number of nitrogens with zero attached hydrogens (tertiary/aromatic N) is 2. The number of hydrogen-bond acceptors (Lipinski definition) is 4. The van der Waals surface area contributed by atoms with Crippen LogP contribution in [-0.2, 0) is 22.4 Å². The summed E-state index contributed by atoms with van der Waals surface area (Å²) in [5, 5.41) is 0.558. The van der Waals surface area contributed by atoms with E-state index in [1.54, 1.807) is 9.80 Å². The molecule has 1 aromatic carbocycles. The van der Waals surface area contributed by atoms with Crippen LogP contribution < -0.4 is 9.64 Å². The molecule has 148 valence electrons. The molecule has 1 aromatic rings. The monoisotopic (exact) mass is 394 g/mol. The van der Waals surface area contributed by atoms with Crippen molar-refractivity contribution >= 4 is 29.3 Å². The summed E-state index contributed by atoms with van der Waals surface area (Å²) in [5.41, 5.74) is 2.26. The second kappa shape index (κ2) is 7.58. The predicted molar refractivity (Wildman–Crippen MR) is 105 cm³/mol. The minimum atomic E-state index is -0.526. The Bertz CT molecular complexity index is 757. The number of ether oxygens (including phenoxy) is 2. The minimum Gasteiger partial charge on any atom is -0.480 e. The van der Waals surface area contributed by atoms with Gasteiger partial charge in [0.05, 0.1) is 10.7 Å². The highest BCUT2D eigenvalue weighted by molar-refractivity contribution is 6.33. The maximum Gasteiger partial charge on any atom is 0.410 e. The molecule has 0 unspecified atom stereocenters. The van der Waals surface area contributed by atoms with Crippen molar-refractivity contribution in [2.75, 3.05) is 31.1 Å². The largest absolute Gasteiger partial charge is 0.480 e. The van der Waals surface area contributed by atoms with Crippen molar-refractivity contribution in [3.63, 3.8) is 0 Å². The van der Waals surface area contributed by atoms with E-state index in [1.165, 1.54) is 0 Å². The number of benzene rings is 1. The van der Waals surface area contributed by atoms with E-state index < -0.39 is 5.60 Å². The SMILES string of the molecule is CCCN1C(=O)COc2c1cc1c(c2Cl)CCN(C(=O)OC(C)(C)C)CC1. The van der Waals surface area contributed by atoms with E-state index in [4.69, 9.17) is 21.1 Å². The third-order valence-electron chi connectivity index (χ3n) is 4.71. The quantitative estimate of drug-likeness (QED) is 0.765. The first-order valence-electron chi connectivity index (χ1n) is 9.46. The molecule has 6 nitrogen and oxygen atoms in total. The summed E-state index contributed by atoms with van der Waals surface area (Å²) in [4.78, 5) is 28.2. The number of fused-ring (bicyclic) bond motifs is 2. The Hall–Kier alpha value is -1.95. The molecule has 0 atom stereocenters. The number of anilines is 1. The fraction of sp³-hybridized carbons (Fsp3) is 0.600. The second-order valence-corrected chi connectivity index (χ2v) is 8.36. The maximum atomic E-state index is 12.4. The topological polar surface area (TPSA) is 59.1 Å². The molecule has 0 spiro atoms. The fourth-order valence-corrected chi connectivity index (χ4v) is 3.84. The van der Waals surface area contributed by atoms with Crippen LogP contribution in [0.2, 0.25) is 5.02 Å². The molecule has 2 heterocycles. The lowest BCUT2D eigenvalue weighted by Gasteiger charge is -2.31. The van der Waals surface area contributed by atoms with E-state index in [2.05, 4.69) is 0 Å². The average molecular weight is 395 g/mol. The molecule has 0 N–H and O–H groups in total. The lowest BCUT2D eigenvalue weighted by molar-refractivity contribution is -0.121. The molecule has 0 saturated carbocycles. The molecule has 3 rings (SSSR count). The number of hydrogen-bond donors (Lipinski definition) is 0. The Morgan fingerprint density at radius 2 is 2.00 bits per heavy atom. The summed E-state index contributed by atoms with van der Waals surface area (Å²) < 4.78 is 11.2. The highest BCUT2D eigenvalue weighted by atomic mass is 35.5. The van der Waals surface area contributed by atoms with Gasteiger partial charge in [-0.1, -0.05) is 18.5 Å². The van der Waals surface area contributed by atoms with Gasteiger partial charge in [-0.3, -0.25) is 4.79 Å². The van der Waals surface area contributed by atoms with Gasteiger partial charge in [0.2, 0.25) is 0 Å². The molecule has 7 heteroatoms. The van der Waals surface area contributed by atoms with E-state index >= 15 is 0 Å². The Labute approximate surface area is 165 Å². The first kappa shape index (κ1) is 19.8. The Morgan fingerprint density at radius 3 is 2.67 bits per heavy atom. The van der Waals surface area contributed by atoms with Gasteiger partial charge in [-0.2, -0.15) is 0 Å². The van der Waals surface area contributed by atoms with Crippen LogP contribution in [0, 0.1) is 0 Å². The van der Waals surface area contributed by atoms with E-state index in [0.717, 1.165) is 23.2 Å². The first-order valence-corrected chi connectivity index (χ1v) is 9.84. The first-order chi connectivity index (χ1) is 12.7. The van der Waals surface area contributed by atoms with E-state index in [0.29, 0.717) is 43.2 Å². The smallest absolute Gasteiger partial charge is 0.410 e. The number of rotatable bonds is 2. The molecule has 2 aliphatic rings. The molecule has 0 fully saturated rings. The third-order valence-corrected chi connectivity index (χ3v) is 5.11. The summed E-state index contributed by atoms with van der Waals surface area (Å²) in [7, 11) is 0. The summed E-state index contributed by atoms with van der Waals surface area (Å²) in [6, 6.07) is 2.00. The zero-order chi connectivity index (χ0) is 19.8. The summed E-state index contributed by atoms with van der Waals surface area (Å²) in [6.45, 7) is 9.35. The lowest BCUT2D eigenvalue weighted by Crippen LogP contribution is -2.39. The zero-order valence-electron chi connectivity index (χ0n) is 16.4. The van der Waals surface area contributed by atoms with Crippen LogP contribution in [0.1, 0.15) is 45.2 Å². The highest BCUT2D eigenvalue weighted by Crippen LogP contribution is 2.43. The van der Waals surface area contributed by atoms with Crippen molar-refractivity contribution in [3.05, 3.63) is 22.2 Å². The molecule has 0 aliphatic carbocycles. The van der Waals surface area contributed by atoms with Crippen molar-refractivity contribution in [2.45, 2.75) is 52.6 Å². The van der Waals surface area contributed by atoms with Crippen LogP contribution in [0.3, 0.4) is 0 Å². The van der Waals surface area contributed by atoms with Gasteiger partial charge in [0, 0.05) is 19.6 Å². The van der Waals surface area contributed by atoms with Gasteiger partial charge >= 0.3 is 6.09 Å². The standard InChI is InChI=1S/C20H27ClN2O4/c1-5-8-23-15-11-13-6-9-22(19(25)27-20(2,3)4)10-7-14(13)17(21)18(15)26-12-16(23)24/h11H,5-10,12H2,1-4H3. The fourth-order valence-electron chi connectivity index (χ4n) is 3.48. The summed E-state index contributed by atoms with van der Waals surface area (Å²) >= 11 is 6.67. The van der Waals surface area contributed by atoms with Crippen molar-refractivity contribution in [3.8, 4) is 5.75 Å². The van der Waals surface area contributed by atoms with E-state index in [9.17, 15) is 9.59 Å². The Balaban J connectivity index is 1.88. The lowest BCUT2D eigenvalue weighted by atomic mass is 10.00. The number of carbonyl (C=O) groups is 2. The van der Waals surface area contributed by atoms with E-state index in [-0.39, 0.29) is 18.6 Å². The molecular weight excluding hydrogens is 368 g/mol. The molecule has 0 radical (unpaired) electrons. The molecule has 0 saturated heterocycles. The number of carbonyl (C=O) groups excluding carboxylic acids is 2. The second-order valence-electron chi connectivity index (χ2n) is 7.98. The summed E-state index contributed by atoms with van der Waals surface area (Å²) in [6.07, 6.45) is 1.84. The van der Waals surface area contributed by atoms with Crippen molar-refractivity contribution in [1.29, 1.82) is 0 Å². The predicted octanol–water partition coefficient (Wildman–Crippen LogP) is 3.81. The van der Waals surface area contributed by atoms with Crippen LogP contribution >= 0.6 is 11.6 Å². The molecule has 2 amide bonds. The van der Waals surface area contributed by atoms with Gasteiger partial charge in [0.25, 0.3) is 5.91 Å². The van der Waals surface area contributed by atoms with Crippen molar-refractivity contribution < 1.29 is 19.1 Å². The molecular formula is C20H27ClN2O4. The van der Waals surface area contributed by atoms with E-state index in [1.807, 2.05) is 33.8 Å². The van der Waals surface area contributed by atoms with Gasteiger partial charge in [-0.05, 0) is 57.2 Å². The third kappa shape index (κ3) is 4.15. The van der Waals surface area contributed by atoms with Crippen molar-refractivity contribution in [2.24, 2.45) is 0 Å². The minimum absolute atomic E-state index is 0.00946. The van der Waals surface area contributed by atoms with Crippen LogP contribution in [0.25, 0.3) is 0 Å². The normalized spacial score (nSPS) is 17.0. The number of halogens is 1. The molecule has 0 bridgehead atoms. The highest BCUT2D eigenvalue weighted by Gasteiger charge is 2.31. The maximum absolute atomic E-state index is 12.4. The van der Waals surface area contributed by atoms with Gasteiger partial charge < -0.3 is 19.3 Å².